The van der Waals surface area contributed by atoms with Crippen LogP contribution in [0.15, 0.2) is 18.2 Å². The van der Waals surface area contributed by atoms with Crippen molar-refractivity contribution in [3.05, 3.63) is 23.8 Å². The highest BCUT2D eigenvalue weighted by Gasteiger charge is 2.05. The van der Waals surface area contributed by atoms with E-state index in [1.54, 1.807) is 14.2 Å². The Morgan fingerprint density at radius 1 is 1.19 bits per heavy atom. The number of rotatable bonds is 6. The molecule has 16 heavy (non-hydrogen) atoms. The summed E-state index contributed by atoms with van der Waals surface area (Å²) in [7, 11) is 5.51. The normalized spacial score (nSPS) is 10.6. The van der Waals surface area contributed by atoms with Crippen LogP contribution in [0.4, 0.5) is 0 Å². The zero-order valence-electron chi connectivity index (χ0n) is 10.6. The van der Waals surface area contributed by atoms with Crippen LogP contribution in [0.2, 0.25) is 0 Å². The van der Waals surface area contributed by atoms with E-state index in [1.807, 2.05) is 18.2 Å². The number of ether oxygens (including phenoxy) is 2. The molecule has 1 aromatic rings. The van der Waals surface area contributed by atoms with Crippen molar-refractivity contribution in [2.75, 3.05) is 34.4 Å². The van der Waals surface area contributed by atoms with Gasteiger partial charge in [0.25, 0.3) is 0 Å². The van der Waals surface area contributed by atoms with Crippen LogP contribution >= 0.6 is 0 Å². The topological polar surface area (TPSA) is 21.7 Å². The molecule has 0 radical (unpaired) electrons. The molecule has 0 heterocycles. The molecule has 3 nitrogen and oxygen atoms in total. The number of benzene rings is 1. The van der Waals surface area contributed by atoms with E-state index >= 15 is 0 Å². The first kappa shape index (κ1) is 12.8. The van der Waals surface area contributed by atoms with Crippen LogP contribution in [0, 0.1) is 0 Å². The number of hydrogen-bond donors (Lipinski definition) is 0. The van der Waals surface area contributed by atoms with Crippen LogP contribution in [0.5, 0.6) is 11.5 Å². The molecule has 0 amide bonds. The molecular weight excluding hydrogens is 202 g/mol. The number of hydrogen-bond acceptors (Lipinski definition) is 3. The number of methoxy groups -OCH3 is 2. The molecule has 0 fully saturated rings. The average molecular weight is 223 g/mol. The molecule has 0 N–H and O–H groups in total. The fourth-order valence-corrected chi connectivity index (χ4v) is 1.55. The molecule has 0 atom stereocenters. The molecule has 0 aliphatic carbocycles. The van der Waals surface area contributed by atoms with Gasteiger partial charge in [0.15, 0.2) is 0 Å². The Kier molecular flexibility index (Phi) is 5.12. The predicted octanol–water partition coefficient (Wildman–Crippen LogP) is 2.20. The molecule has 90 valence electrons. The van der Waals surface area contributed by atoms with Crippen molar-refractivity contribution in [3.8, 4) is 11.5 Å². The van der Waals surface area contributed by atoms with E-state index in [2.05, 4.69) is 18.9 Å². The van der Waals surface area contributed by atoms with Gasteiger partial charge in [-0.15, -0.1) is 0 Å². The first-order valence-corrected chi connectivity index (χ1v) is 5.60. The van der Waals surface area contributed by atoms with Crippen LogP contribution in [0.25, 0.3) is 0 Å². The SMILES string of the molecule is CCN(C)CCc1cc(OC)ccc1OC. The maximum Gasteiger partial charge on any atom is 0.122 e. The van der Waals surface area contributed by atoms with Gasteiger partial charge in [0.2, 0.25) is 0 Å². The largest absolute Gasteiger partial charge is 0.497 e. The van der Waals surface area contributed by atoms with E-state index < -0.39 is 0 Å². The lowest BCUT2D eigenvalue weighted by atomic mass is 10.1. The lowest BCUT2D eigenvalue weighted by Crippen LogP contribution is -2.20. The van der Waals surface area contributed by atoms with Crippen LogP contribution < -0.4 is 9.47 Å². The average Bonchev–Trinajstić information content (AvgIpc) is 2.35. The summed E-state index contributed by atoms with van der Waals surface area (Å²) in [5.74, 6) is 1.82. The third-order valence-electron chi connectivity index (χ3n) is 2.79. The molecule has 0 aromatic heterocycles. The maximum absolute atomic E-state index is 5.34. The molecule has 0 unspecified atom stereocenters. The van der Waals surface area contributed by atoms with E-state index in [9.17, 15) is 0 Å². The molecular formula is C13H21NO2. The second kappa shape index (κ2) is 6.38. The Morgan fingerprint density at radius 2 is 1.94 bits per heavy atom. The Labute approximate surface area is 98.0 Å². The van der Waals surface area contributed by atoms with Gasteiger partial charge in [0, 0.05) is 6.54 Å². The zero-order chi connectivity index (χ0) is 12.0. The van der Waals surface area contributed by atoms with Crippen molar-refractivity contribution in [3.63, 3.8) is 0 Å². The highest BCUT2D eigenvalue weighted by atomic mass is 16.5. The third kappa shape index (κ3) is 3.42. The highest BCUT2D eigenvalue weighted by molar-refractivity contribution is 5.40. The fraction of sp³-hybridized carbons (Fsp3) is 0.538. The lowest BCUT2D eigenvalue weighted by Gasteiger charge is -2.15. The molecule has 0 spiro atoms. The Balaban J connectivity index is 2.75. The molecule has 0 bridgehead atoms. The fourth-order valence-electron chi connectivity index (χ4n) is 1.55. The predicted molar refractivity (Wildman–Crippen MR) is 66.4 cm³/mol. The lowest BCUT2D eigenvalue weighted by molar-refractivity contribution is 0.351. The Bertz CT molecular complexity index is 326. The van der Waals surface area contributed by atoms with Crippen molar-refractivity contribution in [2.45, 2.75) is 13.3 Å². The standard InChI is InChI=1S/C13H21NO2/c1-5-14(2)9-8-11-10-12(15-3)6-7-13(11)16-4/h6-7,10H,5,8-9H2,1-4H3. The van der Waals surface area contributed by atoms with Gasteiger partial charge in [0.1, 0.15) is 11.5 Å². The van der Waals surface area contributed by atoms with Gasteiger partial charge in [-0.2, -0.15) is 0 Å². The summed E-state index contributed by atoms with van der Waals surface area (Å²) in [4.78, 5) is 2.28. The summed E-state index contributed by atoms with van der Waals surface area (Å²) in [5, 5.41) is 0. The minimum absolute atomic E-state index is 0.884. The third-order valence-corrected chi connectivity index (χ3v) is 2.79. The van der Waals surface area contributed by atoms with Crippen molar-refractivity contribution < 1.29 is 9.47 Å². The summed E-state index contributed by atoms with van der Waals surface area (Å²) in [5.41, 5.74) is 1.20. The van der Waals surface area contributed by atoms with Crippen molar-refractivity contribution >= 4 is 0 Å². The van der Waals surface area contributed by atoms with Crippen LogP contribution in [-0.2, 0) is 6.42 Å². The molecule has 1 aromatic carbocycles. The van der Waals surface area contributed by atoms with E-state index in [0.29, 0.717) is 0 Å². The molecule has 0 saturated carbocycles. The minimum atomic E-state index is 0.884. The van der Waals surface area contributed by atoms with E-state index in [1.165, 1.54) is 5.56 Å². The summed E-state index contributed by atoms with van der Waals surface area (Å²) in [6.07, 6.45) is 0.977. The smallest absolute Gasteiger partial charge is 0.122 e. The summed E-state index contributed by atoms with van der Waals surface area (Å²) < 4.78 is 10.6. The number of nitrogens with zero attached hydrogens (tertiary/aromatic N) is 1. The van der Waals surface area contributed by atoms with Gasteiger partial charge in [-0.05, 0) is 43.8 Å². The number of likely N-dealkylation sites (N-methyl/N-ethyl adjacent to an activating group) is 1. The van der Waals surface area contributed by atoms with Gasteiger partial charge in [-0.1, -0.05) is 6.92 Å². The van der Waals surface area contributed by atoms with Gasteiger partial charge in [-0.25, -0.2) is 0 Å². The second-order valence-corrected chi connectivity index (χ2v) is 3.82. The van der Waals surface area contributed by atoms with E-state index in [0.717, 1.165) is 31.0 Å². The minimum Gasteiger partial charge on any atom is -0.497 e. The zero-order valence-corrected chi connectivity index (χ0v) is 10.6. The van der Waals surface area contributed by atoms with Crippen LogP contribution in [0.3, 0.4) is 0 Å². The van der Waals surface area contributed by atoms with Gasteiger partial charge in [0.05, 0.1) is 14.2 Å². The second-order valence-electron chi connectivity index (χ2n) is 3.82. The Hall–Kier alpha value is -1.22. The van der Waals surface area contributed by atoms with Gasteiger partial charge >= 0.3 is 0 Å². The van der Waals surface area contributed by atoms with E-state index in [-0.39, 0.29) is 0 Å². The van der Waals surface area contributed by atoms with E-state index in [4.69, 9.17) is 9.47 Å². The van der Waals surface area contributed by atoms with Crippen molar-refractivity contribution in [1.82, 2.24) is 4.90 Å². The first-order chi connectivity index (χ1) is 7.71. The van der Waals surface area contributed by atoms with Crippen LogP contribution in [-0.4, -0.2) is 39.3 Å². The maximum atomic E-state index is 5.34. The first-order valence-electron chi connectivity index (χ1n) is 5.60. The quantitative estimate of drug-likeness (QED) is 0.738. The van der Waals surface area contributed by atoms with Crippen molar-refractivity contribution in [1.29, 1.82) is 0 Å². The summed E-state index contributed by atoms with van der Waals surface area (Å²) in [6, 6.07) is 5.92. The summed E-state index contributed by atoms with van der Waals surface area (Å²) >= 11 is 0. The van der Waals surface area contributed by atoms with Crippen molar-refractivity contribution in [2.24, 2.45) is 0 Å². The summed E-state index contributed by atoms with van der Waals surface area (Å²) in [6.45, 7) is 4.25. The molecule has 0 aliphatic rings. The van der Waals surface area contributed by atoms with Gasteiger partial charge in [-0.3, -0.25) is 0 Å². The van der Waals surface area contributed by atoms with Crippen LogP contribution in [0.1, 0.15) is 12.5 Å². The molecule has 1 rings (SSSR count). The monoisotopic (exact) mass is 223 g/mol. The highest BCUT2D eigenvalue weighted by Crippen LogP contribution is 2.24. The molecule has 0 saturated heterocycles. The molecule has 3 heteroatoms. The van der Waals surface area contributed by atoms with Gasteiger partial charge < -0.3 is 14.4 Å². The molecule has 0 aliphatic heterocycles. The Morgan fingerprint density at radius 3 is 2.50 bits per heavy atom.